The molecule has 1 aliphatic rings. The summed E-state index contributed by atoms with van der Waals surface area (Å²) in [6, 6.07) is 5.62. The first-order valence-electron chi connectivity index (χ1n) is 8.32. The van der Waals surface area contributed by atoms with Gasteiger partial charge in [0, 0.05) is 31.8 Å². The average molecular weight is 347 g/mol. The lowest BCUT2D eigenvalue weighted by Crippen LogP contribution is -2.42. The van der Waals surface area contributed by atoms with Crippen molar-refractivity contribution in [3.05, 3.63) is 47.8 Å². The van der Waals surface area contributed by atoms with E-state index in [1.54, 1.807) is 11.2 Å². The Balaban J connectivity index is 1.65. The summed E-state index contributed by atoms with van der Waals surface area (Å²) >= 11 is 0. The summed E-state index contributed by atoms with van der Waals surface area (Å²) < 4.78 is 26.0. The molecule has 25 heavy (non-hydrogen) atoms. The van der Waals surface area contributed by atoms with E-state index >= 15 is 0 Å². The fourth-order valence-electron chi connectivity index (χ4n) is 3.08. The Morgan fingerprint density at radius 3 is 2.84 bits per heavy atom. The van der Waals surface area contributed by atoms with Crippen molar-refractivity contribution in [1.82, 2.24) is 14.5 Å². The topological polar surface area (TPSA) is 56.6 Å². The standard InChI is InChI=1S/C18H22FN3O3/c1-3-24-10-13-8-22(9-16-18(13)21(2)12-20-16)17(23)11-25-15-6-4-14(19)5-7-15/h4-7,12-13H,3,8-11H2,1-2H3. The molecule has 3 rings (SSSR count). The number of ether oxygens (including phenoxy) is 2. The molecule has 7 heteroatoms. The van der Waals surface area contributed by atoms with Crippen LogP contribution < -0.4 is 4.74 Å². The Morgan fingerprint density at radius 2 is 2.12 bits per heavy atom. The largest absolute Gasteiger partial charge is 0.484 e. The van der Waals surface area contributed by atoms with Gasteiger partial charge in [-0.3, -0.25) is 4.79 Å². The number of fused-ring (bicyclic) bond motifs is 1. The fraction of sp³-hybridized carbons (Fsp3) is 0.444. The summed E-state index contributed by atoms with van der Waals surface area (Å²) in [6.45, 7) is 4.07. The van der Waals surface area contributed by atoms with Gasteiger partial charge in [-0.2, -0.15) is 0 Å². The predicted octanol–water partition coefficient (Wildman–Crippen LogP) is 2.10. The van der Waals surface area contributed by atoms with Crippen molar-refractivity contribution in [3.63, 3.8) is 0 Å². The first-order valence-corrected chi connectivity index (χ1v) is 8.32. The molecule has 1 aromatic heterocycles. The van der Waals surface area contributed by atoms with E-state index in [9.17, 15) is 9.18 Å². The quantitative estimate of drug-likeness (QED) is 0.803. The second kappa shape index (κ2) is 7.65. The normalized spacial score (nSPS) is 16.6. The van der Waals surface area contributed by atoms with Gasteiger partial charge in [-0.25, -0.2) is 9.37 Å². The van der Waals surface area contributed by atoms with Crippen molar-refractivity contribution in [3.8, 4) is 5.75 Å². The van der Waals surface area contributed by atoms with E-state index in [2.05, 4.69) is 4.98 Å². The first-order chi connectivity index (χ1) is 12.1. The second-order valence-electron chi connectivity index (χ2n) is 6.06. The molecule has 1 atom stereocenters. The number of hydrogen-bond donors (Lipinski definition) is 0. The lowest BCUT2D eigenvalue weighted by Gasteiger charge is -2.32. The predicted molar refractivity (Wildman–Crippen MR) is 89.8 cm³/mol. The molecule has 0 fully saturated rings. The van der Waals surface area contributed by atoms with Gasteiger partial charge in [-0.05, 0) is 31.2 Å². The number of halogens is 1. The highest BCUT2D eigenvalue weighted by Crippen LogP contribution is 2.27. The van der Waals surface area contributed by atoms with E-state index in [-0.39, 0.29) is 24.2 Å². The van der Waals surface area contributed by atoms with Crippen molar-refractivity contribution in [2.75, 3.05) is 26.4 Å². The minimum atomic E-state index is -0.337. The van der Waals surface area contributed by atoms with Crippen LogP contribution in [0.4, 0.5) is 4.39 Å². The van der Waals surface area contributed by atoms with Crippen LogP contribution in [0.5, 0.6) is 5.75 Å². The van der Waals surface area contributed by atoms with Crippen LogP contribution in [0.2, 0.25) is 0 Å². The van der Waals surface area contributed by atoms with Crippen molar-refractivity contribution >= 4 is 5.91 Å². The molecule has 1 aromatic carbocycles. The summed E-state index contributed by atoms with van der Waals surface area (Å²) in [4.78, 5) is 18.7. The molecule has 0 bridgehead atoms. The maximum absolute atomic E-state index is 12.9. The molecule has 0 aliphatic carbocycles. The number of imidazole rings is 1. The number of carbonyl (C=O) groups excluding carboxylic acids is 1. The van der Waals surface area contributed by atoms with E-state index in [4.69, 9.17) is 9.47 Å². The fourth-order valence-corrected chi connectivity index (χ4v) is 3.08. The van der Waals surface area contributed by atoms with Gasteiger partial charge in [0.25, 0.3) is 5.91 Å². The Morgan fingerprint density at radius 1 is 1.36 bits per heavy atom. The zero-order valence-electron chi connectivity index (χ0n) is 14.4. The van der Waals surface area contributed by atoms with E-state index < -0.39 is 0 Å². The summed E-state index contributed by atoms with van der Waals surface area (Å²) in [6.07, 6.45) is 1.77. The maximum Gasteiger partial charge on any atom is 0.260 e. The van der Waals surface area contributed by atoms with Crippen LogP contribution in [0.3, 0.4) is 0 Å². The molecule has 6 nitrogen and oxygen atoms in total. The SMILES string of the molecule is CCOCC1CN(C(=O)COc2ccc(F)cc2)Cc2ncn(C)c21. The highest BCUT2D eigenvalue weighted by molar-refractivity contribution is 5.78. The molecule has 2 heterocycles. The lowest BCUT2D eigenvalue weighted by atomic mass is 9.99. The summed E-state index contributed by atoms with van der Waals surface area (Å²) in [5, 5.41) is 0. The lowest BCUT2D eigenvalue weighted by molar-refractivity contribution is -0.135. The van der Waals surface area contributed by atoms with Gasteiger partial charge in [0.1, 0.15) is 11.6 Å². The maximum atomic E-state index is 12.9. The van der Waals surface area contributed by atoms with E-state index in [1.165, 1.54) is 24.3 Å². The summed E-state index contributed by atoms with van der Waals surface area (Å²) in [7, 11) is 1.96. The molecule has 2 aromatic rings. The molecule has 1 aliphatic heterocycles. The third kappa shape index (κ3) is 3.99. The number of benzene rings is 1. The number of nitrogens with zero attached hydrogens (tertiary/aromatic N) is 3. The molecule has 0 saturated carbocycles. The molecule has 0 saturated heterocycles. The molecular formula is C18H22FN3O3. The first kappa shape index (κ1) is 17.4. The van der Waals surface area contributed by atoms with Crippen LogP contribution in [0.25, 0.3) is 0 Å². The smallest absolute Gasteiger partial charge is 0.260 e. The molecule has 0 radical (unpaired) electrons. The number of amides is 1. The molecule has 134 valence electrons. The molecule has 0 spiro atoms. The number of aryl methyl sites for hydroxylation is 1. The highest BCUT2D eigenvalue weighted by Gasteiger charge is 2.31. The monoisotopic (exact) mass is 347 g/mol. The number of rotatable bonds is 6. The highest BCUT2D eigenvalue weighted by atomic mass is 19.1. The zero-order chi connectivity index (χ0) is 17.8. The van der Waals surface area contributed by atoms with E-state index in [1.807, 2.05) is 18.5 Å². The van der Waals surface area contributed by atoms with Gasteiger partial charge < -0.3 is 18.9 Å². The Hall–Kier alpha value is -2.41. The zero-order valence-corrected chi connectivity index (χ0v) is 14.4. The number of hydrogen-bond acceptors (Lipinski definition) is 4. The number of aromatic nitrogens is 2. The third-order valence-corrected chi connectivity index (χ3v) is 4.28. The minimum Gasteiger partial charge on any atom is -0.484 e. The summed E-state index contributed by atoms with van der Waals surface area (Å²) in [5.74, 6) is 0.0976. The molecule has 1 unspecified atom stereocenters. The third-order valence-electron chi connectivity index (χ3n) is 4.28. The van der Waals surface area contributed by atoms with Gasteiger partial charge in [-0.1, -0.05) is 0 Å². The van der Waals surface area contributed by atoms with Gasteiger partial charge in [0.15, 0.2) is 6.61 Å². The summed E-state index contributed by atoms with van der Waals surface area (Å²) in [5.41, 5.74) is 2.02. The van der Waals surface area contributed by atoms with Crippen LogP contribution in [0.1, 0.15) is 24.2 Å². The second-order valence-corrected chi connectivity index (χ2v) is 6.06. The van der Waals surface area contributed by atoms with Crippen LogP contribution >= 0.6 is 0 Å². The van der Waals surface area contributed by atoms with Gasteiger partial charge >= 0.3 is 0 Å². The van der Waals surface area contributed by atoms with Crippen LogP contribution in [-0.2, 0) is 23.1 Å². The van der Waals surface area contributed by atoms with E-state index in [0.717, 1.165) is 11.4 Å². The molecule has 0 N–H and O–H groups in total. The van der Waals surface area contributed by atoms with Crippen LogP contribution in [-0.4, -0.2) is 46.7 Å². The van der Waals surface area contributed by atoms with Gasteiger partial charge in [0.2, 0.25) is 0 Å². The van der Waals surface area contributed by atoms with Gasteiger partial charge in [-0.15, -0.1) is 0 Å². The Bertz CT molecular complexity index is 730. The molecule has 1 amide bonds. The van der Waals surface area contributed by atoms with Gasteiger partial charge in [0.05, 0.1) is 25.2 Å². The number of carbonyl (C=O) groups is 1. The average Bonchev–Trinajstić information content (AvgIpc) is 3.00. The molecular weight excluding hydrogens is 325 g/mol. The minimum absolute atomic E-state index is 0.0881. The van der Waals surface area contributed by atoms with Crippen LogP contribution in [0.15, 0.2) is 30.6 Å². The van der Waals surface area contributed by atoms with Crippen molar-refractivity contribution < 1.29 is 18.7 Å². The Kier molecular flexibility index (Phi) is 5.33. The van der Waals surface area contributed by atoms with Crippen LogP contribution in [0, 0.1) is 5.82 Å². The van der Waals surface area contributed by atoms with Crippen molar-refractivity contribution in [1.29, 1.82) is 0 Å². The van der Waals surface area contributed by atoms with E-state index in [0.29, 0.717) is 32.1 Å². The van der Waals surface area contributed by atoms with Crippen molar-refractivity contribution in [2.24, 2.45) is 7.05 Å². The van der Waals surface area contributed by atoms with Crippen molar-refractivity contribution in [2.45, 2.75) is 19.4 Å². The Labute approximate surface area is 146 Å².